The molecule has 10 nitrogen and oxygen atoms in total. The lowest BCUT2D eigenvalue weighted by atomic mass is 9.69. The largest absolute Gasteiger partial charge is 0.481 e. The number of fused-ring (bicyclic) bond motifs is 4. The van der Waals surface area contributed by atoms with Gasteiger partial charge in [-0.2, -0.15) is 11.3 Å². The van der Waals surface area contributed by atoms with Crippen LogP contribution < -0.4 is 5.32 Å². The topological polar surface area (TPSA) is 169 Å². The van der Waals surface area contributed by atoms with Gasteiger partial charge in [0.1, 0.15) is 5.60 Å². The summed E-state index contributed by atoms with van der Waals surface area (Å²) in [5.41, 5.74) is 2.73. The van der Waals surface area contributed by atoms with Gasteiger partial charge in [0.2, 0.25) is 0 Å². The van der Waals surface area contributed by atoms with Crippen molar-refractivity contribution < 1.29 is 39.5 Å². The average molecular weight is 545 g/mol. The monoisotopic (exact) mass is 544 g/mol. The van der Waals surface area contributed by atoms with Crippen LogP contribution in [0.15, 0.2) is 41.1 Å². The van der Waals surface area contributed by atoms with E-state index in [1.54, 1.807) is 11.3 Å². The molecule has 2 aromatic heterocycles. The summed E-state index contributed by atoms with van der Waals surface area (Å²) < 4.78 is 6.46. The van der Waals surface area contributed by atoms with Crippen LogP contribution >= 0.6 is 11.3 Å². The molecule has 2 aliphatic rings. The first kappa shape index (κ1) is 27.8. The number of aromatic amines is 1. The Morgan fingerprint density at radius 2 is 1.71 bits per heavy atom. The lowest BCUT2D eigenvalue weighted by molar-refractivity contribution is -0.170. The van der Waals surface area contributed by atoms with E-state index >= 15 is 0 Å². The minimum Gasteiger partial charge on any atom is -0.481 e. The molecule has 6 N–H and O–H groups in total. The number of nitrogens with one attached hydrogen (secondary N) is 2. The van der Waals surface area contributed by atoms with Gasteiger partial charge in [-0.3, -0.25) is 9.59 Å². The summed E-state index contributed by atoms with van der Waals surface area (Å²) in [6.45, 7) is 0.833. The molecule has 1 fully saturated rings. The fourth-order valence-corrected chi connectivity index (χ4v) is 6.43. The summed E-state index contributed by atoms with van der Waals surface area (Å²) in [5.74, 6) is -5.02. The first-order valence-corrected chi connectivity index (χ1v) is 13.3. The molecule has 5 rings (SSSR count). The predicted molar refractivity (Wildman–Crippen MR) is 140 cm³/mol. The van der Waals surface area contributed by atoms with E-state index in [9.17, 15) is 14.4 Å². The summed E-state index contributed by atoms with van der Waals surface area (Å²) >= 11 is 1.79. The number of benzene rings is 1. The molecule has 11 heteroatoms. The third-order valence-electron chi connectivity index (χ3n) is 7.75. The first-order chi connectivity index (χ1) is 18.0. The highest BCUT2D eigenvalue weighted by Crippen LogP contribution is 2.51. The van der Waals surface area contributed by atoms with Gasteiger partial charge in [-0.05, 0) is 73.2 Å². The van der Waals surface area contributed by atoms with Gasteiger partial charge in [-0.15, -0.1) is 0 Å². The van der Waals surface area contributed by atoms with Crippen molar-refractivity contribution in [1.29, 1.82) is 0 Å². The lowest BCUT2D eigenvalue weighted by Crippen LogP contribution is -2.49. The molecule has 0 amide bonds. The Morgan fingerprint density at radius 3 is 2.26 bits per heavy atom. The number of aliphatic carboxylic acids is 3. The van der Waals surface area contributed by atoms with Crippen LogP contribution in [0.2, 0.25) is 0 Å². The van der Waals surface area contributed by atoms with E-state index < -0.39 is 36.4 Å². The molecule has 0 saturated heterocycles. The van der Waals surface area contributed by atoms with E-state index in [1.165, 1.54) is 27.7 Å². The van der Waals surface area contributed by atoms with Crippen LogP contribution in [0.25, 0.3) is 10.9 Å². The third kappa shape index (κ3) is 5.32. The van der Waals surface area contributed by atoms with Crippen LogP contribution in [0.5, 0.6) is 0 Å². The Labute approximate surface area is 223 Å². The fraction of sp³-hybridized carbons (Fsp3) is 0.444. The quantitative estimate of drug-likeness (QED) is 0.261. The Bertz CT molecular complexity index is 1290. The minimum atomic E-state index is -2.74. The molecular weight excluding hydrogens is 512 g/mol. The summed E-state index contributed by atoms with van der Waals surface area (Å²) in [7, 11) is 2.10. The molecule has 0 unspecified atom stereocenters. The summed E-state index contributed by atoms with van der Waals surface area (Å²) in [6.07, 6.45) is 3.06. The second kappa shape index (κ2) is 10.9. The molecule has 204 valence electrons. The average Bonchev–Trinajstić information content (AvgIpc) is 3.54. The van der Waals surface area contributed by atoms with Crippen molar-refractivity contribution in [2.75, 3.05) is 13.7 Å². The van der Waals surface area contributed by atoms with Crippen LogP contribution in [0.3, 0.4) is 0 Å². The summed E-state index contributed by atoms with van der Waals surface area (Å²) in [5, 5.41) is 43.3. The highest BCUT2D eigenvalue weighted by Gasteiger charge is 2.48. The Kier molecular flexibility index (Phi) is 7.93. The number of carbonyl (C=O) groups is 3. The van der Waals surface area contributed by atoms with Crippen LogP contribution in [0, 0.1) is 0 Å². The van der Waals surface area contributed by atoms with Crippen molar-refractivity contribution >= 4 is 40.1 Å². The van der Waals surface area contributed by atoms with Crippen molar-refractivity contribution in [2.24, 2.45) is 0 Å². The number of aliphatic hydroxyl groups is 1. The molecule has 0 radical (unpaired) electrons. The van der Waals surface area contributed by atoms with E-state index in [0.29, 0.717) is 0 Å². The number of rotatable bonds is 7. The van der Waals surface area contributed by atoms with E-state index in [-0.39, 0.29) is 11.1 Å². The molecule has 0 bridgehead atoms. The third-order valence-corrected chi connectivity index (χ3v) is 8.43. The van der Waals surface area contributed by atoms with Gasteiger partial charge < -0.3 is 35.5 Å². The molecule has 1 saturated carbocycles. The number of carboxylic acids is 3. The van der Waals surface area contributed by atoms with Crippen LogP contribution in [-0.4, -0.2) is 62.6 Å². The van der Waals surface area contributed by atoms with E-state index in [1.807, 2.05) is 0 Å². The van der Waals surface area contributed by atoms with Crippen molar-refractivity contribution in [3.63, 3.8) is 0 Å². The zero-order chi connectivity index (χ0) is 27.6. The molecule has 1 aliphatic heterocycles. The number of hydrogen-bond acceptors (Lipinski definition) is 7. The van der Waals surface area contributed by atoms with Gasteiger partial charge >= 0.3 is 17.9 Å². The van der Waals surface area contributed by atoms with Crippen LogP contribution in [0.4, 0.5) is 0 Å². The standard InChI is InChI=1S/C21H24N2OS.C6H8O7/c1-22-20(15-7-13-25-14-15)8-10-21(11-9-20)19-17(6-12-24-21)16-4-2-3-5-18(16)23-19;7-3(8)1-6(13,5(11)12)2-4(9)10/h2-5,7,13-14,22-23H,6,8-12H2,1H3;13H,1-2H2,(H,7,8)(H,9,10)(H,11,12). The Balaban J connectivity index is 0.000000222. The van der Waals surface area contributed by atoms with Gasteiger partial charge in [0.05, 0.1) is 25.1 Å². The number of aromatic nitrogens is 1. The van der Waals surface area contributed by atoms with E-state index in [2.05, 4.69) is 58.4 Å². The number of hydrogen-bond donors (Lipinski definition) is 6. The minimum absolute atomic E-state index is 0.0955. The summed E-state index contributed by atoms with van der Waals surface area (Å²) in [4.78, 5) is 34.2. The second-order valence-electron chi connectivity index (χ2n) is 9.94. The normalized spacial score (nSPS) is 22.9. The summed E-state index contributed by atoms with van der Waals surface area (Å²) in [6, 6.07) is 11.0. The maximum Gasteiger partial charge on any atom is 0.336 e. The number of carboxylic acid groups (broad SMARTS) is 3. The lowest BCUT2D eigenvalue weighted by Gasteiger charge is -2.47. The van der Waals surface area contributed by atoms with E-state index in [0.717, 1.165) is 38.7 Å². The molecule has 1 aliphatic carbocycles. The molecule has 3 heterocycles. The predicted octanol–water partition coefficient (Wildman–Crippen LogP) is 3.44. The van der Waals surface area contributed by atoms with E-state index in [4.69, 9.17) is 25.2 Å². The Morgan fingerprint density at radius 1 is 1.05 bits per heavy atom. The van der Waals surface area contributed by atoms with Gasteiger partial charge in [0, 0.05) is 16.4 Å². The van der Waals surface area contributed by atoms with Crippen molar-refractivity contribution in [3.05, 3.63) is 57.9 Å². The first-order valence-electron chi connectivity index (χ1n) is 12.4. The van der Waals surface area contributed by atoms with Gasteiger partial charge in [0.25, 0.3) is 0 Å². The molecule has 1 spiro atoms. The molecule has 3 aromatic rings. The zero-order valence-corrected chi connectivity index (χ0v) is 21.8. The maximum atomic E-state index is 10.3. The van der Waals surface area contributed by atoms with Crippen molar-refractivity contribution in [2.45, 2.75) is 61.7 Å². The zero-order valence-electron chi connectivity index (χ0n) is 21.0. The van der Waals surface area contributed by atoms with Gasteiger partial charge in [-0.1, -0.05) is 18.2 Å². The number of ether oxygens (including phenoxy) is 1. The molecular formula is C27H32N2O8S. The van der Waals surface area contributed by atoms with Crippen LogP contribution in [-0.2, 0) is 36.7 Å². The highest BCUT2D eigenvalue weighted by atomic mass is 32.1. The second-order valence-corrected chi connectivity index (χ2v) is 10.7. The molecule has 1 aromatic carbocycles. The Hall–Kier alpha value is -3.25. The highest BCUT2D eigenvalue weighted by molar-refractivity contribution is 7.08. The van der Waals surface area contributed by atoms with Crippen LogP contribution in [0.1, 0.15) is 55.3 Å². The van der Waals surface area contributed by atoms with Gasteiger partial charge in [0.15, 0.2) is 5.60 Å². The molecule has 0 atom stereocenters. The fourth-order valence-electron chi connectivity index (χ4n) is 5.68. The SMILES string of the molecule is CNC1(c2ccsc2)CCC2(CC1)OCCc1c2[nH]c2ccccc12.O=C(O)CC(O)(CC(=O)O)C(=O)O. The smallest absolute Gasteiger partial charge is 0.336 e. The van der Waals surface area contributed by atoms with Crippen molar-refractivity contribution in [3.8, 4) is 0 Å². The van der Waals surface area contributed by atoms with Crippen molar-refractivity contribution in [1.82, 2.24) is 10.3 Å². The number of H-pyrrole nitrogens is 1. The van der Waals surface area contributed by atoms with Gasteiger partial charge in [-0.25, -0.2) is 4.79 Å². The maximum absolute atomic E-state index is 10.3. The number of thiophene rings is 1. The molecule has 38 heavy (non-hydrogen) atoms. The number of para-hydroxylation sites is 1.